The van der Waals surface area contributed by atoms with Crippen LogP contribution in [0.4, 0.5) is 11.5 Å². The van der Waals surface area contributed by atoms with Gasteiger partial charge in [0.15, 0.2) is 5.82 Å². The van der Waals surface area contributed by atoms with E-state index in [0.29, 0.717) is 11.4 Å². The normalized spacial score (nSPS) is 10.4. The van der Waals surface area contributed by atoms with Crippen LogP contribution in [0.25, 0.3) is 11.3 Å². The lowest BCUT2D eigenvalue weighted by Crippen LogP contribution is -2.05. The third-order valence-corrected chi connectivity index (χ3v) is 2.69. The summed E-state index contributed by atoms with van der Waals surface area (Å²) in [6, 6.07) is 5.94. The predicted octanol–water partition coefficient (Wildman–Crippen LogP) is 1.32. The first-order valence-corrected chi connectivity index (χ1v) is 4.92. The molecule has 5 heteroatoms. The number of aryl methyl sites for hydroxylation is 1. The van der Waals surface area contributed by atoms with E-state index in [4.69, 9.17) is 11.5 Å². The lowest BCUT2D eigenvalue weighted by atomic mass is 10.0. The van der Waals surface area contributed by atoms with Crippen LogP contribution in [-0.4, -0.2) is 15.4 Å². The van der Waals surface area contributed by atoms with Gasteiger partial charge in [-0.1, -0.05) is 18.2 Å². The lowest BCUT2D eigenvalue weighted by molar-refractivity contribution is 0.881. The number of aromatic nitrogens is 3. The largest absolute Gasteiger partial charge is 0.394 e. The van der Waals surface area contributed by atoms with E-state index in [1.807, 2.05) is 32.0 Å². The second-order valence-corrected chi connectivity index (χ2v) is 3.68. The van der Waals surface area contributed by atoms with Crippen molar-refractivity contribution in [3.63, 3.8) is 0 Å². The summed E-state index contributed by atoms with van der Waals surface area (Å²) in [5.41, 5.74) is 15.7. The maximum atomic E-state index is 5.84. The SMILES string of the molecule is Cc1cccc(-c2nnnc(N)c2N)c1C. The van der Waals surface area contributed by atoms with Crippen molar-refractivity contribution in [2.75, 3.05) is 11.5 Å². The second-order valence-electron chi connectivity index (χ2n) is 3.68. The average molecular weight is 215 g/mol. The van der Waals surface area contributed by atoms with E-state index in [1.165, 1.54) is 5.56 Å². The average Bonchev–Trinajstić information content (AvgIpc) is 2.27. The molecule has 2 rings (SSSR count). The van der Waals surface area contributed by atoms with Crippen molar-refractivity contribution in [1.82, 2.24) is 15.4 Å². The molecule has 82 valence electrons. The summed E-state index contributed by atoms with van der Waals surface area (Å²) in [4.78, 5) is 0. The molecule has 2 aromatic rings. The van der Waals surface area contributed by atoms with Crippen LogP contribution in [0.1, 0.15) is 11.1 Å². The molecule has 5 nitrogen and oxygen atoms in total. The Morgan fingerprint density at radius 2 is 1.81 bits per heavy atom. The maximum Gasteiger partial charge on any atom is 0.173 e. The third-order valence-electron chi connectivity index (χ3n) is 2.69. The van der Waals surface area contributed by atoms with Gasteiger partial charge in [-0.15, -0.1) is 10.2 Å². The molecule has 0 aliphatic heterocycles. The number of hydrogen-bond acceptors (Lipinski definition) is 5. The van der Waals surface area contributed by atoms with E-state index >= 15 is 0 Å². The first-order chi connectivity index (χ1) is 7.61. The summed E-state index contributed by atoms with van der Waals surface area (Å²) in [5.74, 6) is 0.214. The number of rotatable bonds is 1. The minimum atomic E-state index is 0.214. The molecule has 0 fully saturated rings. The van der Waals surface area contributed by atoms with Crippen LogP contribution >= 0.6 is 0 Å². The van der Waals surface area contributed by atoms with Crippen LogP contribution in [0.5, 0.6) is 0 Å². The molecule has 16 heavy (non-hydrogen) atoms. The Morgan fingerprint density at radius 1 is 1.06 bits per heavy atom. The van der Waals surface area contributed by atoms with Crippen LogP contribution in [0.3, 0.4) is 0 Å². The number of nitrogen functional groups attached to an aromatic ring is 2. The molecule has 4 N–H and O–H groups in total. The number of hydrogen-bond donors (Lipinski definition) is 2. The van der Waals surface area contributed by atoms with Gasteiger partial charge in [-0.25, -0.2) is 0 Å². The Morgan fingerprint density at radius 3 is 2.56 bits per heavy atom. The number of nitrogens with two attached hydrogens (primary N) is 2. The highest BCUT2D eigenvalue weighted by atomic mass is 15.3. The summed E-state index contributed by atoms with van der Waals surface area (Å²) in [5, 5.41) is 11.1. The van der Waals surface area contributed by atoms with Crippen LogP contribution in [0, 0.1) is 13.8 Å². The van der Waals surface area contributed by atoms with Crippen LogP contribution in [-0.2, 0) is 0 Å². The molecule has 0 spiro atoms. The standard InChI is InChI=1S/C11H13N5/c1-6-4-3-5-8(7(6)2)10-9(12)11(13)15-16-14-10/h3-5H,1-2H3,(H2,12,16)(H2,13,14,15). The Labute approximate surface area is 93.5 Å². The fourth-order valence-corrected chi connectivity index (χ4v) is 1.55. The van der Waals surface area contributed by atoms with Crippen molar-refractivity contribution in [3.8, 4) is 11.3 Å². The molecule has 0 aliphatic rings. The molecule has 1 aromatic heterocycles. The van der Waals surface area contributed by atoms with Gasteiger partial charge in [-0.05, 0) is 30.2 Å². The molecule has 0 saturated carbocycles. The highest BCUT2D eigenvalue weighted by Crippen LogP contribution is 2.29. The van der Waals surface area contributed by atoms with Gasteiger partial charge in [0.25, 0.3) is 0 Å². The zero-order valence-corrected chi connectivity index (χ0v) is 9.23. The summed E-state index contributed by atoms with van der Waals surface area (Å²) < 4.78 is 0. The fraction of sp³-hybridized carbons (Fsp3) is 0.182. The second kappa shape index (κ2) is 3.77. The van der Waals surface area contributed by atoms with Crippen molar-refractivity contribution in [2.24, 2.45) is 0 Å². The summed E-state index contributed by atoms with van der Waals surface area (Å²) >= 11 is 0. The smallest absolute Gasteiger partial charge is 0.173 e. The van der Waals surface area contributed by atoms with E-state index in [2.05, 4.69) is 15.4 Å². The first kappa shape index (κ1) is 10.4. The van der Waals surface area contributed by atoms with Crippen molar-refractivity contribution >= 4 is 11.5 Å². The van der Waals surface area contributed by atoms with Crippen LogP contribution in [0.2, 0.25) is 0 Å². The van der Waals surface area contributed by atoms with Gasteiger partial charge >= 0.3 is 0 Å². The Hall–Kier alpha value is -2.17. The van der Waals surface area contributed by atoms with Gasteiger partial charge < -0.3 is 11.5 Å². The minimum absolute atomic E-state index is 0.214. The van der Waals surface area contributed by atoms with Crippen molar-refractivity contribution in [1.29, 1.82) is 0 Å². The quantitative estimate of drug-likeness (QED) is 0.748. The van der Waals surface area contributed by atoms with E-state index in [1.54, 1.807) is 0 Å². The highest BCUT2D eigenvalue weighted by Gasteiger charge is 2.11. The van der Waals surface area contributed by atoms with Crippen LogP contribution < -0.4 is 11.5 Å². The molecule has 0 atom stereocenters. The molecular formula is C11H13N5. The maximum absolute atomic E-state index is 5.84. The Bertz CT molecular complexity index is 486. The molecular weight excluding hydrogens is 202 g/mol. The van der Waals surface area contributed by atoms with Crippen molar-refractivity contribution < 1.29 is 0 Å². The number of anilines is 2. The number of nitrogens with zero attached hydrogens (tertiary/aromatic N) is 3. The molecule has 0 saturated heterocycles. The lowest BCUT2D eigenvalue weighted by Gasteiger charge is -2.09. The monoisotopic (exact) mass is 215 g/mol. The third kappa shape index (κ3) is 1.56. The Balaban J connectivity index is 2.68. The highest BCUT2D eigenvalue weighted by molar-refractivity contribution is 5.80. The molecule has 0 bridgehead atoms. The molecule has 0 radical (unpaired) electrons. The van der Waals surface area contributed by atoms with Gasteiger partial charge in [-0.3, -0.25) is 0 Å². The first-order valence-electron chi connectivity index (χ1n) is 4.92. The van der Waals surface area contributed by atoms with E-state index in [-0.39, 0.29) is 5.82 Å². The Kier molecular flexibility index (Phi) is 2.44. The minimum Gasteiger partial charge on any atom is -0.394 e. The van der Waals surface area contributed by atoms with Gasteiger partial charge in [0.1, 0.15) is 11.4 Å². The van der Waals surface area contributed by atoms with E-state index < -0.39 is 0 Å². The van der Waals surface area contributed by atoms with Gasteiger partial charge in [0.2, 0.25) is 0 Å². The van der Waals surface area contributed by atoms with E-state index in [0.717, 1.165) is 11.1 Å². The van der Waals surface area contributed by atoms with Gasteiger partial charge in [0.05, 0.1) is 0 Å². The topological polar surface area (TPSA) is 90.7 Å². The molecule has 0 unspecified atom stereocenters. The molecule has 0 aliphatic carbocycles. The summed E-state index contributed by atoms with van der Waals surface area (Å²) in [7, 11) is 0. The number of benzene rings is 1. The molecule has 1 heterocycles. The van der Waals surface area contributed by atoms with E-state index in [9.17, 15) is 0 Å². The van der Waals surface area contributed by atoms with Gasteiger partial charge in [0, 0.05) is 5.56 Å². The van der Waals surface area contributed by atoms with Crippen molar-refractivity contribution in [2.45, 2.75) is 13.8 Å². The van der Waals surface area contributed by atoms with Gasteiger partial charge in [-0.2, -0.15) is 0 Å². The zero-order chi connectivity index (χ0) is 11.7. The summed E-state index contributed by atoms with van der Waals surface area (Å²) in [6.07, 6.45) is 0. The predicted molar refractivity (Wildman–Crippen MR) is 63.6 cm³/mol. The fourth-order valence-electron chi connectivity index (χ4n) is 1.55. The van der Waals surface area contributed by atoms with Crippen molar-refractivity contribution in [3.05, 3.63) is 29.3 Å². The zero-order valence-electron chi connectivity index (χ0n) is 9.23. The molecule has 0 amide bonds. The van der Waals surface area contributed by atoms with Crippen LogP contribution in [0.15, 0.2) is 18.2 Å². The molecule has 1 aromatic carbocycles. The summed E-state index contributed by atoms with van der Waals surface area (Å²) in [6.45, 7) is 4.05.